The SMILES string of the molecule is C=CCOc1c(C=O)cccc1CC=C.C=CCc1cc(/C=N/NC(=O)CN2CCN(Cc3ccccc3)CC2)c(O)c(CCC)c1.C=CCc1cc(C=O)c(O)c(CC=C)c1.C=CCc1cccc(C=O)c1O.NNC(=O)CN1CCN(Cc2ccccc2)CC1. The molecule has 2 heterocycles. The van der Waals surface area contributed by atoms with Gasteiger partial charge in [0, 0.05) is 71.0 Å². The van der Waals surface area contributed by atoms with Crippen molar-refractivity contribution in [2.75, 3.05) is 72.1 Å². The minimum absolute atomic E-state index is 0.0534. The Bertz CT molecular complexity index is 3350. The number of phenols is 3. The van der Waals surface area contributed by atoms with E-state index in [0.29, 0.717) is 86.0 Å². The van der Waals surface area contributed by atoms with Crippen LogP contribution in [0.3, 0.4) is 0 Å². The van der Waals surface area contributed by atoms with E-state index in [2.05, 4.69) is 130 Å². The number of amides is 2. The number of nitrogens with two attached hydrogens (primary N) is 1. The van der Waals surface area contributed by atoms with Crippen LogP contribution in [0.5, 0.6) is 23.0 Å². The Kier molecular flexibility index (Phi) is 35.1. The Morgan fingerprint density at radius 2 is 0.924 bits per heavy atom. The van der Waals surface area contributed by atoms with Gasteiger partial charge < -0.3 is 20.1 Å². The fourth-order valence-electron chi connectivity index (χ4n) is 10.0. The Morgan fingerprint density at radius 1 is 0.489 bits per heavy atom. The van der Waals surface area contributed by atoms with Crippen molar-refractivity contribution in [2.45, 2.75) is 65.0 Å². The number of carbonyl (C=O) groups excluding carboxylic acids is 5. The lowest BCUT2D eigenvalue weighted by molar-refractivity contribution is -0.123. The molecular weight excluding hydrogens is 1160 g/mol. The van der Waals surface area contributed by atoms with Crippen LogP contribution in [0.1, 0.15) is 94.5 Å². The van der Waals surface area contributed by atoms with E-state index in [-0.39, 0.29) is 29.1 Å². The molecule has 0 atom stereocenters. The number of nitrogens with zero attached hydrogens (tertiary/aromatic N) is 5. The fourth-order valence-corrected chi connectivity index (χ4v) is 10.0. The molecule has 8 rings (SSSR count). The number of hydrazine groups is 1. The van der Waals surface area contributed by atoms with E-state index in [1.54, 1.807) is 60.7 Å². The van der Waals surface area contributed by atoms with Gasteiger partial charge in [0.2, 0.25) is 5.91 Å². The number of nitrogens with one attached hydrogen (secondary N) is 2. The van der Waals surface area contributed by atoms with Crippen LogP contribution in [0.4, 0.5) is 0 Å². The number of carbonyl (C=O) groups is 5. The molecule has 2 saturated heterocycles. The van der Waals surface area contributed by atoms with Crippen LogP contribution < -0.4 is 21.4 Å². The predicted molar refractivity (Wildman–Crippen MR) is 371 cm³/mol. The highest BCUT2D eigenvalue weighted by Crippen LogP contribution is 2.27. The molecule has 17 heteroatoms. The summed E-state index contributed by atoms with van der Waals surface area (Å²) in [6.07, 6.45) is 19.0. The van der Waals surface area contributed by atoms with Crippen LogP contribution >= 0.6 is 0 Å². The van der Waals surface area contributed by atoms with Crippen molar-refractivity contribution in [3.8, 4) is 23.0 Å². The molecule has 2 amide bonds. The molecule has 0 saturated carbocycles. The minimum atomic E-state index is -0.145. The van der Waals surface area contributed by atoms with Crippen LogP contribution in [0.2, 0.25) is 0 Å². The maximum absolute atomic E-state index is 12.3. The standard InChI is InChI=1S/C26H34N4O2.C13H20N4O.2C13H14O2.C10H10O2/c1-3-8-22-16-23(9-4-2)26(32)24(17-22)18-27-28-25(31)20-30-14-12-29(13-15-30)19-21-10-6-5-7-11-21;14-15-13(18)11-17-8-6-16(7-9-17)10-12-4-2-1-3-5-12;1-3-6-11-7-5-8-12(10-14)13(11)15-9-4-2;1-3-5-10-7-11(6-4-2)13(15)12(8-10)9-14;1-2-4-8-5-3-6-9(7-11)10(8)12/h3,5-7,10-11,16-18,32H,1,4,8-9,12-15,19-20H2,2H3,(H,28,31);1-5H,6-11,14H2,(H,15,18);3-5,7-8,10H,1-2,6,9H2;3-4,7-9,15H,1-2,5-6H2;2-3,5-7,12H,1,4H2/b27-18+;;;;. The van der Waals surface area contributed by atoms with Crippen molar-refractivity contribution >= 4 is 36.9 Å². The molecule has 7 N–H and O–H groups in total. The number of piperazine rings is 2. The summed E-state index contributed by atoms with van der Waals surface area (Å²) in [7, 11) is 0. The molecule has 6 aromatic carbocycles. The number of para-hydroxylation sites is 2. The zero-order valence-corrected chi connectivity index (χ0v) is 53.3. The lowest BCUT2D eigenvalue weighted by Gasteiger charge is -2.34. The summed E-state index contributed by atoms with van der Waals surface area (Å²) < 4.78 is 5.46. The summed E-state index contributed by atoms with van der Waals surface area (Å²) in [4.78, 5) is 64.5. The van der Waals surface area contributed by atoms with Crippen molar-refractivity contribution in [1.29, 1.82) is 0 Å². The number of rotatable bonds is 28. The van der Waals surface area contributed by atoms with Gasteiger partial charge in [0.1, 0.15) is 29.6 Å². The van der Waals surface area contributed by atoms with Crippen LogP contribution in [0, 0.1) is 0 Å². The number of aldehydes is 3. The number of aromatic hydroxyl groups is 3. The number of benzene rings is 6. The van der Waals surface area contributed by atoms with Gasteiger partial charge in [-0.05, 0) is 107 Å². The summed E-state index contributed by atoms with van der Waals surface area (Å²) >= 11 is 0. The number of ether oxygens (including phenoxy) is 1. The third kappa shape index (κ3) is 26.4. The topological polar surface area (TPSA) is 231 Å². The Labute approximate surface area is 543 Å². The first-order chi connectivity index (χ1) is 44.7. The minimum Gasteiger partial charge on any atom is -0.507 e. The van der Waals surface area contributed by atoms with E-state index in [9.17, 15) is 39.3 Å². The third-order valence-electron chi connectivity index (χ3n) is 14.6. The summed E-state index contributed by atoms with van der Waals surface area (Å²) in [5, 5.41) is 33.8. The van der Waals surface area contributed by atoms with Gasteiger partial charge in [-0.15, -0.1) is 32.9 Å². The number of hydrogen-bond donors (Lipinski definition) is 6. The van der Waals surface area contributed by atoms with Gasteiger partial charge in [-0.3, -0.25) is 49.0 Å². The molecule has 92 heavy (non-hydrogen) atoms. The fraction of sp³-hybridized carbons (Fsp3) is 0.280. The molecule has 6 aromatic rings. The molecule has 0 radical (unpaired) electrons. The molecular formula is C75H92N8O9. The number of hydrogen-bond acceptors (Lipinski definition) is 15. The molecule has 2 aliphatic heterocycles. The summed E-state index contributed by atoms with van der Waals surface area (Å²) in [5.41, 5.74) is 14.6. The van der Waals surface area contributed by atoms with Gasteiger partial charge in [-0.25, -0.2) is 11.3 Å². The maximum Gasteiger partial charge on any atom is 0.254 e. The smallest absolute Gasteiger partial charge is 0.254 e. The highest BCUT2D eigenvalue weighted by molar-refractivity contribution is 5.86. The van der Waals surface area contributed by atoms with E-state index in [4.69, 9.17) is 10.6 Å². The molecule has 0 spiro atoms. The summed E-state index contributed by atoms with van der Waals surface area (Å²) in [5.74, 6) is 5.79. The van der Waals surface area contributed by atoms with Crippen molar-refractivity contribution in [3.05, 3.63) is 264 Å². The first-order valence-electron chi connectivity index (χ1n) is 30.8. The summed E-state index contributed by atoms with van der Waals surface area (Å²) in [6, 6.07) is 38.9. The zero-order chi connectivity index (χ0) is 66.9. The molecule has 2 aliphatic rings. The molecule has 0 bridgehead atoms. The van der Waals surface area contributed by atoms with E-state index in [0.717, 1.165) is 124 Å². The molecule has 2 fully saturated rings. The van der Waals surface area contributed by atoms with Gasteiger partial charge in [0.05, 0.1) is 36.0 Å². The second-order valence-corrected chi connectivity index (χ2v) is 21.7. The van der Waals surface area contributed by atoms with Gasteiger partial charge in [-0.1, -0.05) is 153 Å². The molecule has 486 valence electrons. The van der Waals surface area contributed by atoms with Gasteiger partial charge >= 0.3 is 0 Å². The van der Waals surface area contributed by atoms with Crippen molar-refractivity contribution < 1.29 is 44.0 Å². The van der Waals surface area contributed by atoms with Gasteiger partial charge in [0.15, 0.2) is 18.9 Å². The third-order valence-corrected chi connectivity index (χ3v) is 14.6. The molecule has 0 unspecified atom stereocenters. The Hall–Kier alpha value is -9.62. The van der Waals surface area contributed by atoms with E-state index >= 15 is 0 Å². The molecule has 0 aromatic heterocycles. The van der Waals surface area contributed by atoms with Crippen molar-refractivity contribution in [3.63, 3.8) is 0 Å². The highest BCUT2D eigenvalue weighted by atomic mass is 16.5. The van der Waals surface area contributed by atoms with Crippen molar-refractivity contribution in [1.82, 2.24) is 30.5 Å². The summed E-state index contributed by atoms with van der Waals surface area (Å²) in [6.45, 7) is 34.4. The molecule has 0 aliphatic carbocycles. The molecule has 17 nitrogen and oxygen atoms in total. The van der Waals surface area contributed by atoms with Crippen LogP contribution in [0.25, 0.3) is 0 Å². The van der Waals surface area contributed by atoms with E-state index in [1.807, 2.05) is 48.5 Å². The second kappa shape index (κ2) is 43.2. The van der Waals surface area contributed by atoms with Gasteiger partial charge in [-0.2, -0.15) is 5.10 Å². The van der Waals surface area contributed by atoms with Crippen LogP contribution in [0.15, 0.2) is 202 Å². The normalized spacial score (nSPS) is 13.0. The second-order valence-electron chi connectivity index (χ2n) is 21.7. The average molecular weight is 1250 g/mol. The average Bonchev–Trinajstić information content (AvgIpc) is 2.57. The number of allylic oxidation sites excluding steroid dienone is 5. The monoisotopic (exact) mass is 1250 g/mol. The number of phenolic OH excluding ortho intramolecular Hbond substituents is 3. The first-order valence-corrected chi connectivity index (χ1v) is 30.8. The van der Waals surface area contributed by atoms with Gasteiger partial charge in [0.25, 0.3) is 5.91 Å². The predicted octanol–water partition coefficient (Wildman–Crippen LogP) is 10.5. The van der Waals surface area contributed by atoms with Crippen LogP contribution in [-0.2, 0) is 61.2 Å². The van der Waals surface area contributed by atoms with Crippen LogP contribution in [-0.4, -0.2) is 144 Å². The Balaban J connectivity index is 0.000000259. The van der Waals surface area contributed by atoms with E-state index in [1.165, 1.54) is 17.3 Å². The first kappa shape index (κ1) is 74.8. The highest BCUT2D eigenvalue weighted by Gasteiger charge is 2.21. The quantitative estimate of drug-likeness (QED) is 0.00671. The maximum atomic E-state index is 12.3. The number of hydrazone groups is 1. The Morgan fingerprint density at radius 3 is 1.41 bits per heavy atom. The lowest BCUT2D eigenvalue weighted by atomic mass is 9.99. The number of aryl methyl sites for hydroxylation is 1. The lowest BCUT2D eigenvalue weighted by Crippen LogP contribution is -2.49. The van der Waals surface area contributed by atoms with E-state index < -0.39 is 0 Å². The van der Waals surface area contributed by atoms with Crippen molar-refractivity contribution in [2.24, 2.45) is 10.9 Å². The largest absolute Gasteiger partial charge is 0.507 e. The zero-order valence-electron chi connectivity index (χ0n) is 53.3.